The van der Waals surface area contributed by atoms with Gasteiger partial charge in [0, 0.05) is 19.4 Å². The monoisotopic (exact) mass is 617 g/mol. The largest absolute Gasteiger partial charge is 0.504 e. The summed E-state index contributed by atoms with van der Waals surface area (Å²) in [6, 6.07) is 6.12. The minimum atomic E-state index is -2.20. The van der Waals surface area contributed by atoms with Crippen molar-refractivity contribution >= 4 is 29.7 Å². The number of ether oxygens (including phenoxy) is 2. The summed E-state index contributed by atoms with van der Waals surface area (Å²) < 4.78 is 11.4. The quantitative estimate of drug-likeness (QED) is 0.102. The lowest BCUT2D eigenvalue weighted by Gasteiger charge is -2.49. The van der Waals surface area contributed by atoms with E-state index in [1.807, 2.05) is 0 Å². The molecule has 238 valence electrons. The Morgan fingerprint density at radius 3 is 2.14 bits per heavy atom. The third kappa shape index (κ3) is 7.99. The normalized spacial score (nSPS) is 23.7. The van der Waals surface area contributed by atoms with Crippen molar-refractivity contribution in [2.75, 3.05) is 26.8 Å². The van der Waals surface area contributed by atoms with Crippen molar-refractivity contribution in [2.24, 2.45) is 0 Å². The summed E-state index contributed by atoms with van der Waals surface area (Å²) in [6.45, 7) is -2.14. The van der Waals surface area contributed by atoms with Crippen molar-refractivity contribution in [1.29, 1.82) is 0 Å². The molecule has 0 aliphatic heterocycles. The van der Waals surface area contributed by atoms with Gasteiger partial charge >= 0.3 is 5.97 Å². The first kappa shape index (κ1) is 34.2. The van der Waals surface area contributed by atoms with E-state index in [4.69, 9.17) is 9.47 Å². The predicted molar refractivity (Wildman–Crippen MR) is 154 cm³/mol. The van der Waals surface area contributed by atoms with Crippen LogP contribution in [0, 0.1) is 0 Å². The zero-order valence-electron chi connectivity index (χ0n) is 23.7. The van der Waals surface area contributed by atoms with Crippen LogP contribution in [0.2, 0.25) is 0 Å². The van der Waals surface area contributed by atoms with Gasteiger partial charge in [0.05, 0.1) is 12.7 Å². The maximum Gasteiger partial charge on any atom is 0.336 e. The molecule has 1 fully saturated rings. The van der Waals surface area contributed by atoms with Crippen LogP contribution in [0.5, 0.6) is 23.0 Å². The van der Waals surface area contributed by atoms with Crippen LogP contribution in [0.4, 0.5) is 0 Å². The Hall–Kier alpha value is -4.31. The van der Waals surface area contributed by atoms with E-state index in [1.54, 1.807) is 0 Å². The van der Waals surface area contributed by atoms with E-state index in [9.17, 15) is 55.2 Å². The van der Waals surface area contributed by atoms with Gasteiger partial charge < -0.3 is 55.6 Å². The molecule has 0 unspecified atom stereocenters. The molecule has 0 amide bonds. The summed E-state index contributed by atoms with van der Waals surface area (Å²) in [5.74, 6) is -4.55. The second-order valence-electron chi connectivity index (χ2n) is 10.4. The zero-order valence-corrected chi connectivity index (χ0v) is 23.7. The summed E-state index contributed by atoms with van der Waals surface area (Å²) in [4.78, 5) is 37.7. The van der Waals surface area contributed by atoms with Crippen LogP contribution >= 0.6 is 0 Å². The van der Waals surface area contributed by atoms with E-state index in [0.29, 0.717) is 5.56 Å². The molecule has 3 rings (SSSR count). The minimum absolute atomic E-state index is 0.219. The van der Waals surface area contributed by atoms with Crippen molar-refractivity contribution < 1.29 is 64.7 Å². The van der Waals surface area contributed by atoms with Crippen molar-refractivity contribution in [3.8, 4) is 23.0 Å². The van der Waals surface area contributed by atoms with Crippen LogP contribution in [-0.4, -0.2) is 109 Å². The highest BCUT2D eigenvalue weighted by Crippen LogP contribution is 2.41. The lowest BCUT2D eigenvalue weighted by Crippen LogP contribution is -2.67. The fourth-order valence-corrected chi connectivity index (χ4v) is 4.91. The molecule has 2 aromatic rings. The third-order valence-electron chi connectivity index (χ3n) is 7.20. The Balaban J connectivity index is 1.77. The highest BCUT2D eigenvalue weighted by molar-refractivity contribution is 5.95. The molecule has 0 saturated heterocycles. The number of hydrogen-bond acceptors (Lipinski definition) is 13. The number of carbonyl (C=O) groups excluding carboxylic acids is 2. The standard InChI is InChI=1S/C30H35NO13/c1-31-16-30(44-14-21(34)6-4-18-9-24(37)25(38)10-19(18)12-32)15-29(28(41)42,11-26(39)27(30)40)43-13-20(33)5-2-17-3-7-22(35)23(36)8-17/h2-10,26-27,31-32,35-40H,11-16H2,1H3,(H,41,42)/b5-2+,6-4+/t26-,27-,29+,30+/m1/s1. The molecule has 0 spiro atoms. The molecule has 1 saturated carbocycles. The molecular weight excluding hydrogens is 582 g/mol. The summed E-state index contributed by atoms with van der Waals surface area (Å²) in [6.07, 6.45) is 0.215. The number of nitrogens with one attached hydrogen (secondary N) is 1. The van der Waals surface area contributed by atoms with E-state index in [2.05, 4.69) is 5.32 Å². The third-order valence-corrected chi connectivity index (χ3v) is 7.20. The van der Waals surface area contributed by atoms with Gasteiger partial charge in [0.1, 0.15) is 24.9 Å². The van der Waals surface area contributed by atoms with Gasteiger partial charge in [-0.25, -0.2) is 4.79 Å². The second kappa shape index (κ2) is 14.4. The maximum absolute atomic E-state index is 12.7. The molecule has 1 aliphatic rings. The maximum atomic E-state index is 12.7. The van der Waals surface area contributed by atoms with Crippen molar-refractivity contribution in [2.45, 2.75) is 42.9 Å². The molecular formula is C30H35NO13. The number of aliphatic hydroxyl groups is 3. The van der Waals surface area contributed by atoms with Crippen molar-refractivity contribution in [3.05, 3.63) is 59.2 Å². The fraction of sp³-hybridized carbons (Fsp3) is 0.367. The molecule has 44 heavy (non-hydrogen) atoms. The van der Waals surface area contributed by atoms with Gasteiger partial charge in [-0.3, -0.25) is 9.59 Å². The van der Waals surface area contributed by atoms with Gasteiger partial charge in [0.15, 0.2) is 40.2 Å². The minimum Gasteiger partial charge on any atom is -0.504 e. The molecule has 14 nitrogen and oxygen atoms in total. The highest BCUT2D eigenvalue weighted by atomic mass is 16.5. The van der Waals surface area contributed by atoms with Crippen LogP contribution in [0.1, 0.15) is 29.5 Å². The Bertz CT molecular complexity index is 1440. The number of phenols is 4. The van der Waals surface area contributed by atoms with E-state index in [-0.39, 0.29) is 23.4 Å². The van der Waals surface area contributed by atoms with Crippen LogP contribution in [0.15, 0.2) is 42.5 Å². The van der Waals surface area contributed by atoms with Gasteiger partial charge in [-0.2, -0.15) is 0 Å². The zero-order chi connectivity index (χ0) is 32.7. The van der Waals surface area contributed by atoms with Crippen LogP contribution in [0.25, 0.3) is 12.2 Å². The van der Waals surface area contributed by atoms with E-state index in [0.717, 1.165) is 24.3 Å². The number of aliphatic hydroxyl groups excluding tert-OH is 3. The first-order chi connectivity index (χ1) is 20.8. The number of aliphatic carboxylic acids is 1. The van der Waals surface area contributed by atoms with Crippen molar-refractivity contribution in [1.82, 2.24) is 5.32 Å². The molecule has 2 aromatic carbocycles. The number of benzene rings is 2. The molecule has 4 atom stereocenters. The van der Waals surface area contributed by atoms with E-state index >= 15 is 0 Å². The SMILES string of the molecule is CNC[C@@]1(OCC(=O)/C=C/c2cc(O)c(O)cc2CO)C[C@](OCC(=O)/C=C/c2ccc(O)c(O)c2)(C(=O)O)C[C@@H](O)[C@H]1O. The van der Waals surface area contributed by atoms with Gasteiger partial charge in [-0.15, -0.1) is 0 Å². The van der Waals surface area contributed by atoms with Gasteiger partial charge in [-0.05, 0) is 60.2 Å². The average Bonchev–Trinajstić information content (AvgIpc) is 2.98. The Morgan fingerprint density at radius 2 is 1.52 bits per heavy atom. The number of ketones is 2. The fourth-order valence-electron chi connectivity index (χ4n) is 4.91. The second-order valence-corrected chi connectivity index (χ2v) is 10.4. The lowest BCUT2D eigenvalue weighted by atomic mass is 9.71. The molecule has 9 N–H and O–H groups in total. The summed E-state index contributed by atoms with van der Waals surface area (Å²) in [7, 11) is 1.48. The van der Waals surface area contributed by atoms with Gasteiger partial charge in [0.25, 0.3) is 0 Å². The number of aromatic hydroxyl groups is 4. The average molecular weight is 618 g/mol. The topological polar surface area (TPSA) is 244 Å². The van der Waals surface area contributed by atoms with Crippen LogP contribution in [0.3, 0.4) is 0 Å². The molecule has 14 heteroatoms. The Labute approximate surface area is 251 Å². The van der Waals surface area contributed by atoms with E-state index in [1.165, 1.54) is 37.4 Å². The van der Waals surface area contributed by atoms with Crippen LogP contribution in [-0.2, 0) is 30.5 Å². The Kier molecular flexibility index (Phi) is 11.2. The molecule has 0 heterocycles. The summed E-state index contributed by atoms with van der Waals surface area (Å²) in [5.41, 5.74) is -3.24. The highest BCUT2D eigenvalue weighted by Gasteiger charge is 2.59. The van der Waals surface area contributed by atoms with Gasteiger partial charge in [0.2, 0.25) is 0 Å². The molecule has 0 aromatic heterocycles. The molecule has 0 bridgehead atoms. The summed E-state index contributed by atoms with van der Waals surface area (Å²) in [5, 5.41) is 82.4. The molecule has 0 radical (unpaired) electrons. The van der Waals surface area contributed by atoms with Crippen LogP contribution < -0.4 is 5.32 Å². The number of phenolic OH excluding ortho intramolecular Hbond substituents is 4. The predicted octanol–water partition coefficient (Wildman–Crippen LogP) is 0.196. The first-order valence-corrected chi connectivity index (χ1v) is 13.4. The first-order valence-electron chi connectivity index (χ1n) is 13.4. The number of rotatable bonds is 14. The number of likely N-dealkylation sites (N-methyl/N-ethyl adjacent to an activating group) is 1. The van der Waals surface area contributed by atoms with Gasteiger partial charge in [-0.1, -0.05) is 18.2 Å². The number of carbonyl (C=O) groups is 3. The molecule has 1 aliphatic carbocycles. The number of carboxylic acid groups (broad SMARTS) is 1. The smallest absolute Gasteiger partial charge is 0.336 e. The number of carboxylic acids is 1. The Morgan fingerprint density at radius 1 is 0.909 bits per heavy atom. The van der Waals surface area contributed by atoms with E-state index < -0.39 is 90.9 Å². The van der Waals surface area contributed by atoms with Crippen molar-refractivity contribution in [3.63, 3.8) is 0 Å². The summed E-state index contributed by atoms with van der Waals surface area (Å²) >= 11 is 0. The number of hydrogen-bond donors (Lipinski definition) is 9. The lowest BCUT2D eigenvalue weighted by molar-refractivity contribution is -0.236.